The van der Waals surface area contributed by atoms with Gasteiger partial charge in [-0.25, -0.2) is 0 Å². The fourth-order valence-corrected chi connectivity index (χ4v) is 0.600. The highest BCUT2D eigenvalue weighted by Gasteiger charge is 2.27. The van der Waals surface area contributed by atoms with E-state index in [1.165, 1.54) is 0 Å². The van der Waals surface area contributed by atoms with Gasteiger partial charge in [0.25, 0.3) is 5.97 Å². The topological polar surface area (TPSA) is 199 Å². The summed E-state index contributed by atoms with van der Waals surface area (Å²) in [6.07, 6.45) is 0. The van der Waals surface area contributed by atoms with Gasteiger partial charge in [0.2, 0.25) is 0 Å². The summed E-state index contributed by atoms with van der Waals surface area (Å²) in [6, 6.07) is 0. The molecule has 0 amide bonds. The molecule has 136 valence electrons. The quantitative estimate of drug-likeness (QED) is 0.211. The number of carboxylic acids is 1. The highest BCUT2D eigenvalue weighted by molar-refractivity contribution is 5.62. The lowest BCUT2D eigenvalue weighted by Crippen LogP contribution is -2.37. The molecule has 0 atom stereocenters. The Hall–Kier alpha value is -0.850. The number of carboxylic acid groups (broad SMARTS) is 1. The normalized spacial score (nSPS) is 11.0. The fraction of sp³-hybridized carbons (Fsp3) is 0.917. The van der Waals surface area contributed by atoms with Crippen molar-refractivity contribution in [1.82, 2.24) is 0 Å². The highest BCUT2D eigenvalue weighted by atomic mass is 16.4. The van der Waals surface area contributed by atoms with Crippen LogP contribution in [0.3, 0.4) is 0 Å². The van der Waals surface area contributed by atoms with E-state index in [0.29, 0.717) is 0 Å². The van der Waals surface area contributed by atoms with Gasteiger partial charge in [-0.1, -0.05) is 0 Å². The van der Waals surface area contributed by atoms with Gasteiger partial charge < -0.3 is 46.0 Å². The maximum Gasteiger partial charge on any atom is 0.300 e. The van der Waals surface area contributed by atoms with Crippen LogP contribution in [0.15, 0.2) is 0 Å². The standard InChI is InChI=1S/2C5H12O4.C2H4O2/c2*6-1-5(2-7,3-8)4-9;1-2(3)4/h2*6-9H,1-4H2;1H3,(H,3,4). The zero-order valence-electron chi connectivity index (χ0n) is 12.6. The lowest BCUT2D eigenvalue weighted by atomic mass is 9.93. The van der Waals surface area contributed by atoms with Gasteiger partial charge >= 0.3 is 0 Å². The van der Waals surface area contributed by atoms with Crippen LogP contribution in [0.25, 0.3) is 0 Å². The number of rotatable bonds is 8. The third-order valence-corrected chi connectivity index (χ3v) is 2.68. The Balaban J connectivity index is -0.000000266. The summed E-state index contributed by atoms with van der Waals surface area (Å²) >= 11 is 0. The first kappa shape index (κ1) is 26.1. The zero-order chi connectivity index (χ0) is 18.2. The molecule has 0 heterocycles. The Bertz CT molecular complexity index is 191. The predicted octanol–water partition coefficient (Wildman–Crippen LogP) is -4.03. The van der Waals surface area contributed by atoms with Gasteiger partial charge in [0.15, 0.2) is 0 Å². The van der Waals surface area contributed by atoms with Crippen LogP contribution in [0, 0.1) is 10.8 Å². The number of aliphatic carboxylic acids is 1. The molecule has 0 fully saturated rings. The van der Waals surface area contributed by atoms with Crippen molar-refractivity contribution < 1.29 is 50.8 Å². The second-order valence-electron chi connectivity index (χ2n) is 4.78. The first-order valence-electron chi connectivity index (χ1n) is 6.29. The van der Waals surface area contributed by atoms with E-state index in [1.54, 1.807) is 0 Å². The molecule has 0 aliphatic rings. The van der Waals surface area contributed by atoms with Crippen molar-refractivity contribution in [2.45, 2.75) is 6.92 Å². The Morgan fingerprint density at radius 1 is 0.591 bits per heavy atom. The molecule has 10 heteroatoms. The molecule has 0 saturated heterocycles. The van der Waals surface area contributed by atoms with E-state index in [-0.39, 0.29) is 0 Å². The molecule has 0 saturated carbocycles. The SMILES string of the molecule is CC(=O)O.OCC(CO)(CO)CO.OCC(CO)(CO)CO. The van der Waals surface area contributed by atoms with Crippen molar-refractivity contribution in [1.29, 1.82) is 0 Å². The molecule has 0 aromatic heterocycles. The van der Waals surface area contributed by atoms with Gasteiger partial charge in [-0.15, -0.1) is 0 Å². The van der Waals surface area contributed by atoms with Gasteiger partial charge in [-0.3, -0.25) is 4.79 Å². The summed E-state index contributed by atoms with van der Waals surface area (Å²) < 4.78 is 0. The monoisotopic (exact) mass is 332 g/mol. The Morgan fingerprint density at radius 3 is 0.682 bits per heavy atom. The van der Waals surface area contributed by atoms with Gasteiger partial charge in [0, 0.05) is 6.92 Å². The number of carbonyl (C=O) groups is 1. The number of aliphatic hydroxyl groups is 8. The Labute approximate surface area is 128 Å². The fourth-order valence-electron chi connectivity index (χ4n) is 0.600. The van der Waals surface area contributed by atoms with Crippen molar-refractivity contribution in [3.8, 4) is 0 Å². The van der Waals surface area contributed by atoms with Gasteiger partial charge in [0.1, 0.15) is 0 Å². The molecular formula is C12H28O10. The average Bonchev–Trinajstić information content (AvgIpc) is 2.53. The second-order valence-corrected chi connectivity index (χ2v) is 4.78. The second kappa shape index (κ2) is 15.1. The summed E-state index contributed by atoms with van der Waals surface area (Å²) in [5, 5.41) is 75.4. The van der Waals surface area contributed by atoms with E-state index >= 15 is 0 Å². The maximum absolute atomic E-state index is 9.00. The van der Waals surface area contributed by atoms with E-state index in [1.807, 2.05) is 0 Å². The first-order chi connectivity index (χ1) is 10.2. The summed E-state index contributed by atoms with van der Waals surface area (Å²) in [7, 11) is 0. The molecule has 10 nitrogen and oxygen atoms in total. The third kappa shape index (κ3) is 11.8. The molecule has 9 N–H and O–H groups in total. The van der Waals surface area contributed by atoms with Crippen LogP contribution in [-0.2, 0) is 4.79 Å². The lowest BCUT2D eigenvalue weighted by molar-refractivity contribution is -0.134. The number of hydrogen-bond acceptors (Lipinski definition) is 9. The average molecular weight is 332 g/mol. The Morgan fingerprint density at radius 2 is 0.682 bits per heavy atom. The summed E-state index contributed by atoms with van der Waals surface area (Å²) in [5.74, 6) is -0.833. The van der Waals surface area contributed by atoms with Crippen LogP contribution in [0.4, 0.5) is 0 Å². The van der Waals surface area contributed by atoms with E-state index in [0.717, 1.165) is 6.92 Å². The molecule has 0 spiro atoms. The van der Waals surface area contributed by atoms with E-state index in [4.69, 9.17) is 50.8 Å². The molecule has 0 bridgehead atoms. The maximum atomic E-state index is 9.00. The highest BCUT2D eigenvalue weighted by Crippen LogP contribution is 2.12. The molecule has 22 heavy (non-hydrogen) atoms. The van der Waals surface area contributed by atoms with Crippen molar-refractivity contribution in [3.05, 3.63) is 0 Å². The number of hydrogen-bond donors (Lipinski definition) is 9. The molecule has 0 aromatic rings. The molecule has 0 aliphatic heterocycles. The van der Waals surface area contributed by atoms with Gasteiger partial charge in [-0.2, -0.15) is 0 Å². The third-order valence-electron chi connectivity index (χ3n) is 2.68. The van der Waals surface area contributed by atoms with Crippen LogP contribution in [0.2, 0.25) is 0 Å². The molecule has 0 rings (SSSR count). The van der Waals surface area contributed by atoms with E-state index in [9.17, 15) is 0 Å². The minimum Gasteiger partial charge on any atom is -0.481 e. The lowest BCUT2D eigenvalue weighted by Gasteiger charge is -2.23. The molecule has 0 aromatic carbocycles. The van der Waals surface area contributed by atoms with Gasteiger partial charge in [0.05, 0.1) is 63.7 Å². The predicted molar refractivity (Wildman–Crippen MR) is 74.9 cm³/mol. The minimum atomic E-state index is -1.11. The Kier molecular flexibility index (Phi) is 17.8. The van der Waals surface area contributed by atoms with Crippen LogP contribution < -0.4 is 0 Å². The van der Waals surface area contributed by atoms with E-state index < -0.39 is 69.7 Å². The van der Waals surface area contributed by atoms with Crippen LogP contribution in [-0.4, -0.2) is 105 Å². The molecule has 0 unspecified atom stereocenters. The summed E-state index contributed by atoms with van der Waals surface area (Å²) in [6.45, 7) is -2.17. The molecular weight excluding hydrogens is 304 g/mol. The smallest absolute Gasteiger partial charge is 0.300 e. The van der Waals surface area contributed by atoms with Crippen molar-refractivity contribution >= 4 is 5.97 Å². The molecule has 0 aliphatic carbocycles. The van der Waals surface area contributed by atoms with Crippen LogP contribution in [0.5, 0.6) is 0 Å². The molecule has 0 radical (unpaired) electrons. The zero-order valence-corrected chi connectivity index (χ0v) is 12.6. The van der Waals surface area contributed by atoms with Crippen molar-refractivity contribution in [2.75, 3.05) is 52.9 Å². The van der Waals surface area contributed by atoms with Crippen molar-refractivity contribution in [3.63, 3.8) is 0 Å². The van der Waals surface area contributed by atoms with Gasteiger partial charge in [-0.05, 0) is 0 Å². The van der Waals surface area contributed by atoms with Crippen LogP contribution in [0.1, 0.15) is 6.92 Å². The van der Waals surface area contributed by atoms with Crippen LogP contribution >= 0.6 is 0 Å². The largest absolute Gasteiger partial charge is 0.481 e. The summed E-state index contributed by atoms with van der Waals surface area (Å²) in [4.78, 5) is 9.00. The minimum absolute atomic E-state index is 0.406. The first-order valence-corrected chi connectivity index (χ1v) is 6.29. The van der Waals surface area contributed by atoms with Crippen molar-refractivity contribution in [2.24, 2.45) is 10.8 Å². The number of aliphatic hydroxyl groups excluding tert-OH is 8. The summed E-state index contributed by atoms with van der Waals surface area (Å²) in [5.41, 5.74) is -2.22. The van der Waals surface area contributed by atoms with E-state index in [2.05, 4.69) is 0 Å².